The van der Waals surface area contributed by atoms with Crippen molar-refractivity contribution >= 4 is 38.9 Å². The van der Waals surface area contributed by atoms with Gasteiger partial charge in [-0.25, -0.2) is 8.42 Å². The molecule has 3 atom stereocenters. The Labute approximate surface area is 281 Å². The minimum absolute atomic E-state index is 0.0991. The molecule has 48 heavy (non-hydrogen) atoms. The van der Waals surface area contributed by atoms with Crippen LogP contribution in [0.1, 0.15) is 40.1 Å². The monoisotopic (exact) mass is 671 g/mol. The van der Waals surface area contributed by atoms with Gasteiger partial charge in [-0.3, -0.25) is 19.2 Å². The average Bonchev–Trinajstić information content (AvgIpc) is 3.07. The molecule has 4 aromatic rings. The number of fused-ring (bicyclic) bond motifs is 1. The Morgan fingerprint density at radius 1 is 1.04 bits per heavy atom. The first-order chi connectivity index (χ1) is 22.9. The molecule has 0 radical (unpaired) electrons. The molecule has 0 unspecified atom stereocenters. The van der Waals surface area contributed by atoms with Crippen molar-refractivity contribution < 1.29 is 27.9 Å². The second-order valence-corrected chi connectivity index (χ2v) is 13.9. The number of carbonyl (C=O) groups is 2. The third-order valence-corrected chi connectivity index (χ3v) is 9.74. The first-order valence-electron chi connectivity index (χ1n) is 15.7. The van der Waals surface area contributed by atoms with E-state index in [0.29, 0.717) is 42.3 Å². The number of aliphatic hydroxyl groups is 1. The van der Waals surface area contributed by atoms with Crippen molar-refractivity contribution in [3.05, 3.63) is 114 Å². The van der Waals surface area contributed by atoms with Gasteiger partial charge < -0.3 is 25.8 Å². The van der Waals surface area contributed by atoms with Crippen molar-refractivity contribution in [2.75, 3.05) is 42.5 Å². The minimum atomic E-state index is -3.89. The van der Waals surface area contributed by atoms with Crippen LogP contribution in [-0.4, -0.2) is 74.0 Å². The van der Waals surface area contributed by atoms with Gasteiger partial charge in [0, 0.05) is 36.8 Å². The summed E-state index contributed by atoms with van der Waals surface area (Å²) in [4.78, 5) is 30.4. The zero-order valence-corrected chi connectivity index (χ0v) is 28.0. The van der Waals surface area contributed by atoms with Crippen molar-refractivity contribution in [3.63, 3.8) is 0 Å². The number of nitrogens with zero attached hydrogens (tertiary/aromatic N) is 2. The number of likely N-dealkylation sites (N-methyl/N-ethyl adjacent to an activating group) is 1. The highest BCUT2D eigenvalue weighted by Gasteiger charge is 2.34. The maximum absolute atomic E-state index is 13.8. The number of rotatable bonds is 11. The van der Waals surface area contributed by atoms with E-state index in [1.165, 1.54) is 18.2 Å². The lowest BCUT2D eigenvalue weighted by atomic mass is 9.99. The predicted molar refractivity (Wildman–Crippen MR) is 186 cm³/mol. The van der Waals surface area contributed by atoms with Gasteiger partial charge in [0.05, 0.1) is 34.5 Å². The standard InChI is InChI=1S/C36H41N5O6S/c1-24-20-41(25(2)23-42)36(44)30-19-28(39-48(45,46)29-9-5-4-6-10-29)17-18-33(30)47-34(24)22-40(3)21-26-13-15-27(16-14-26)35(43)38-32-12-8-7-11-31(32)37/h4-19,24-25,34,39,42H,20-23,37H2,1-3H3,(H,38,43)/t24-,25+,34+/m1/s1. The lowest BCUT2D eigenvalue weighted by molar-refractivity contribution is 0.0341. The summed E-state index contributed by atoms with van der Waals surface area (Å²) in [6.07, 6.45) is -0.344. The molecule has 0 aliphatic carbocycles. The van der Waals surface area contributed by atoms with Crippen LogP contribution >= 0.6 is 0 Å². The summed E-state index contributed by atoms with van der Waals surface area (Å²) < 4.78 is 35.0. The zero-order chi connectivity index (χ0) is 34.4. The van der Waals surface area contributed by atoms with Gasteiger partial charge in [-0.2, -0.15) is 0 Å². The summed E-state index contributed by atoms with van der Waals surface area (Å²) >= 11 is 0. The fourth-order valence-electron chi connectivity index (χ4n) is 5.57. The molecule has 0 saturated carbocycles. The third-order valence-electron chi connectivity index (χ3n) is 8.34. The number of aliphatic hydroxyl groups excluding tert-OH is 1. The van der Waals surface area contributed by atoms with Crippen molar-refractivity contribution in [3.8, 4) is 5.75 Å². The summed E-state index contributed by atoms with van der Waals surface area (Å²) in [7, 11) is -1.92. The molecule has 0 spiro atoms. The molecule has 0 aromatic heterocycles. The number of nitrogens with one attached hydrogen (secondary N) is 2. The van der Waals surface area contributed by atoms with Gasteiger partial charge >= 0.3 is 0 Å². The number of anilines is 3. The Balaban J connectivity index is 1.32. The van der Waals surface area contributed by atoms with E-state index >= 15 is 0 Å². The number of benzene rings is 4. The number of ether oxygens (including phenoxy) is 1. The number of nitrogen functional groups attached to an aromatic ring is 1. The fourth-order valence-corrected chi connectivity index (χ4v) is 6.64. The van der Waals surface area contributed by atoms with Crippen LogP contribution in [0.2, 0.25) is 0 Å². The van der Waals surface area contributed by atoms with Crippen LogP contribution in [0.3, 0.4) is 0 Å². The Hall–Kier alpha value is -4.91. The molecular formula is C36H41N5O6S. The van der Waals surface area contributed by atoms with Crippen molar-refractivity contribution in [2.45, 2.75) is 37.4 Å². The summed E-state index contributed by atoms with van der Waals surface area (Å²) in [6, 6.07) is 26.6. The summed E-state index contributed by atoms with van der Waals surface area (Å²) in [5, 5.41) is 12.8. The lowest BCUT2D eigenvalue weighted by Crippen LogP contribution is -2.49. The van der Waals surface area contributed by atoms with Gasteiger partial charge in [0.2, 0.25) is 0 Å². The number of amides is 2. The molecule has 1 aliphatic rings. The van der Waals surface area contributed by atoms with E-state index in [4.69, 9.17) is 10.5 Å². The van der Waals surface area contributed by atoms with Gasteiger partial charge in [0.1, 0.15) is 11.9 Å². The summed E-state index contributed by atoms with van der Waals surface area (Å²) in [5.74, 6) is -0.385. The maximum Gasteiger partial charge on any atom is 0.261 e. The number of nitrogens with two attached hydrogens (primary N) is 1. The molecular weight excluding hydrogens is 630 g/mol. The quantitative estimate of drug-likeness (QED) is 0.168. The van der Waals surface area contributed by atoms with Crippen molar-refractivity contribution in [1.29, 1.82) is 0 Å². The van der Waals surface area contributed by atoms with Crippen LogP contribution in [0.15, 0.2) is 102 Å². The van der Waals surface area contributed by atoms with E-state index in [1.807, 2.05) is 26.1 Å². The van der Waals surface area contributed by atoms with E-state index in [9.17, 15) is 23.1 Å². The third kappa shape index (κ3) is 8.14. The molecule has 12 heteroatoms. The molecule has 5 rings (SSSR count). The normalized spacial score (nSPS) is 17.1. The smallest absolute Gasteiger partial charge is 0.261 e. The number of hydrogen-bond donors (Lipinski definition) is 4. The van der Waals surface area contributed by atoms with Crippen LogP contribution in [0.4, 0.5) is 17.1 Å². The molecule has 2 amide bonds. The molecule has 0 bridgehead atoms. The lowest BCUT2D eigenvalue weighted by Gasteiger charge is -2.38. The molecule has 4 aromatic carbocycles. The van der Waals surface area contributed by atoms with Crippen LogP contribution in [-0.2, 0) is 16.6 Å². The topological polar surface area (TPSA) is 154 Å². The molecule has 1 aliphatic heterocycles. The Morgan fingerprint density at radius 3 is 2.42 bits per heavy atom. The fraction of sp³-hybridized carbons (Fsp3) is 0.278. The molecule has 1 heterocycles. The Kier molecular flexibility index (Phi) is 10.7. The second kappa shape index (κ2) is 14.9. The first-order valence-corrected chi connectivity index (χ1v) is 17.2. The van der Waals surface area contributed by atoms with Crippen LogP contribution in [0.25, 0.3) is 0 Å². The van der Waals surface area contributed by atoms with Gasteiger partial charge in [-0.15, -0.1) is 0 Å². The van der Waals surface area contributed by atoms with E-state index in [1.54, 1.807) is 78.6 Å². The van der Waals surface area contributed by atoms with Gasteiger partial charge in [-0.05, 0) is 74.1 Å². The largest absolute Gasteiger partial charge is 0.488 e. The van der Waals surface area contributed by atoms with Crippen LogP contribution < -0.4 is 20.5 Å². The highest BCUT2D eigenvalue weighted by Crippen LogP contribution is 2.31. The summed E-state index contributed by atoms with van der Waals surface area (Å²) in [6.45, 7) is 4.95. The molecule has 0 saturated heterocycles. The van der Waals surface area contributed by atoms with Crippen molar-refractivity contribution in [1.82, 2.24) is 9.80 Å². The number of hydrogen-bond acceptors (Lipinski definition) is 8. The zero-order valence-electron chi connectivity index (χ0n) is 27.2. The van der Waals surface area contributed by atoms with E-state index in [0.717, 1.165) is 5.56 Å². The number of para-hydroxylation sites is 2. The predicted octanol–water partition coefficient (Wildman–Crippen LogP) is 4.67. The highest BCUT2D eigenvalue weighted by molar-refractivity contribution is 7.92. The molecule has 0 fully saturated rings. The first kappa shape index (κ1) is 34.4. The van der Waals surface area contributed by atoms with Crippen LogP contribution in [0, 0.1) is 5.92 Å². The highest BCUT2D eigenvalue weighted by atomic mass is 32.2. The Bertz CT molecular complexity index is 1850. The van der Waals surface area contributed by atoms with E-state index in [-0.39, 0.29) is 46.6 Å². The van der Waals surface area contributed by atoms with Crippen molar-refractivity contribution in [2.24, 2.45) is 5.92 Å². The second-order valence-electron chi connectivity index (χ2n) is 12.2. The van der Waals surface area contributed by atoms with Gasteiger partial charge in [0.15, 0.2) is 0 Å². The van der Waals surface area contributed by atoms with E-state index in [2.05, 4.69) is 14.9 Å². The minimum Gasteiger partial charge on any atom is -0.488 e. The molecule has 11 nitrogen and oxygen atoms in total. The number of sulfonamides is 1. The van der Waals surface area contributed by atoms with Gasteiger partial charge in [-0.1, -0.05) is 49.4 Å². The SMILES string of the molecule is C[C@@H]1CN([C@@H](C)CO)C(=O)c2cc(NS(=O)(=O)c3ccccc3)ccc2O[C@H]1CN(C)Cc1ccc(C(=O)Nc2ccccc2N)cc1. The van der Waals surface area contributed by atoms with Crippen LogP contribution in [0.5, 0.6) is 5.75 Å². The number of carbonyl (C=O) groups excluding carboxylic acids is 2. The molecule has 252 valence electrons. The average molecular weight is 672 g/mol. The summed E-state index contributed by atoms with van der Waals surface area (Å²) in [5.41, 5.74) is 8.92. The maximum atomic E-state index is 13.8. The Morgan fingerprint density at radius 2 is 1.73 bits per heavy atom. The van der Waals surface area contributed by atoms with Gasteiger partial charge in [0.25, 0.3) is 21.8 Å². The molecule has 5 N–H and O–H groups in total. The van der Waals surface area contributed by atoms with E-state index < -0.39 is 16.1 Å².